The van der Waals surface area contributed by atoms with Crippen LogP contribution in [0.3, 0.4) is 0 Å². The van der Waals surface area contributed by atoms with Crippen LogP contribution in [0, 0.1) is 0 Å². The van der Waals surface area contributed by atoms with Crippen LogP contribution in [-0.4, -0.2) is 24.1 Å². The Balaban J connectivity index is 1.01. The molecule has 0 aliphatic carbocycles. The van der Waals surface area contributed by atoms with Crippen molar-refractivity contribution in [2.24, 2.45) is 0 Å². The molecule has 0 aliphatic rings. The van der Waals surface area contributed by atoms with E-state index < -0.39 is 0 Å². The van der Waals surface area contributed by atoms with Crippen molar-refractivity contribution in [2.75, 3.05) is 0 Å². The van der Waals surface area contributed by atoms with Crippen LogP contribution in [0.2, 0.25) is 0 Å². The standard InChI is InChI=1S/C51H33N5/c1-3-12-34(13-4-1)35-22-24-36(25-23-35)50-52-33-53-51(54-50)39-14-11-17-41(30-39)56-46-20-9-7-18-42(46)44-28-26-38(32-49(44)56)37-27-29-48-45(31-37)43-19-8-10-21-47(43)55(48)40-15-5-2-6-16-40/h1-33H. The average molecular weight is 716 g/mol. The van der Waals surface area contributed by atoms with E-state index in [1.165, 1.54) is 43.7 Å². The summed E-state index contributed by atoms with van der Waals surface area (Å²) in [4.78, 5) is 14.1. The lowest BCUT2D eigenvalue weighted by Crippen LogP contribution is -1.98. The van der Waals surface area contributed by atoms with Gasteiger partial charge in [0.25, 0.3) is 0 Å². The van der Waals surface area contributed by atoms with Crippen molar-refractivity contribution in [3.8, 4) is 56.4 Å². The highest BCUT2D eigenvalue weighted by atomic mass is 15.0. The summed E-state index contributed by atoms with van der Waals surface area (Å²) in [6, 6.07) is 68.9. The maximum absolute atomic E-state index is 4.95. The summed E-state index contributed by atoms with van der Waals surface area (Å²) in [5.74, 6) is 1.28. The van der Waals surface area contributed by atoms with Gasteiger partial charge < -0.3 is 9.13 Å². The molecule has 8 aromatic carbocycles. The average Bonchev–Trinajstić information content (AvgIpc) is 3.79. The predicted molar refractivity (Wildman–Crippen MR) is 230 cm³/mol. The molecule has 5 heteroatoms. The zero-order valence-corrected chi connectivity index (χ0v) is 30.3. The molecule has 0 amide bonds. The molecule has 3 aromatic heterocycles. The Morgan fingerprint density at radius 1 is 0.286 bits per heavy atom. The van der Waals surface area contributed by atoms with Gasteiger partial charge in [-0.1, -0.05) is 140 Å². The zero-order valence-electron chi connectivity index (χ0n) is 30.3. The lowest BCUT2D eigenvalue weighted by molar-refractivity contribution is 1.06. The Bertz CT molecular complexity index is 3230. The molecule has 0 saturated heterocycles. The highest BCUT2D eigenvalue weighted by Gasteiger charge is 2.17. The minimum Gasteiger partial charge on any atom is -0.309 e. The molecule has 56 heavy (non-hydrogen) atoms. The second-order valence-corrected chi connectivity index (χ2v) is 14.1. The third-order valence-electron chi connectivity index (χ3n) is 10.9. The summed E-state index contributed by atoms with van der Waals surface area (Å²) in [5.41, 5.74) is 13.4. The van der Waals surface area contributed by atoms with E-state index in [1.807, 2.05) is 6.07 Å². The Morgan fingerprint density at radius 2 is 0.786 bits per heavy atom. The molecule has 0 unspecified atom stereocenters. The highest BCUT2D eigenvalue weighted by molar-refractivity contribution is 6.12. The van der Waals surface area contributed by atoms with E-state index in [0.29, 0.717) is 11.6 Å². The summed E-state index contributed by atoms with van der Waals surface area (Å²) in [6.07, 6.45) is 1.61. The number of para-hydroxylation sites is 3. The summed E-state index contributed by atoms with van der Waals surface area (Å²) in [5, 5.41) is 4.89. The van der Waals surface area contributed by atoms with Crippen molar-refractivity contribution < 1.29 is 0 Å². The number of benzene rings is 8. The van der Waals surface area contributed by atoms with E-state index >= 15 is 0 Å². The van der Waals surface area contributed by atoms with Gasteiger partial charge in [0.05, 0.1) is 22.1 Å². The van der Waals surface area contributed by atoms with Gasteiger partial charge in [0.1, 0.15) is 6.33 Å². The van der Waals surface area contributed by atoms with Crippen LogP contribution in [0.25, 0.3) is 100 Å². The molecule has 0 fully saturated rings. The van der Waals surface area contributed by atoms with Crippen molar-refractivity contribution >= 4 is 43.6 Å². The summed E-state index contributed by atoms with van der Waals surface area (Å²) < 4.78 is 4.72. The Hall–Kier alpha value is -7.63. The third-order valence-corrected chi connectivity index (χ3v) is 10.9. The Kier molecular flexibility index (Phi) is 7.42. The van der Waals surface area contributed by atoms with Crippen LogP contribution in [0.15, 0.2) is 200 Å². The minimum atomic E-state index is 0.633. The van der Waals surface area contributed by atoms with Gasteiger partial charge in [0.15, 0.2) is 11.6 Å². The summed E-state index contributed by atoms with van der Waals surface area (Å²) >= 11 is 0. The topological polar surface area (TPSA) is 48.5 Å². The van der Waals surface area contributed by atoms with Crippen molar-refractivity contribution in [1.82, 2.24) is 24.1 Å². The van der Waals surface area contributed by atoms with Crippen LogP contribution in [0.1, 0.15) is 0 Å². The number of rotatable bonds is 6. The molecule has 0 bridgehead atoms. The van der Waals surface area contributed by atoms with Gasteiger partial charge in [0.2, 0.25) is 0 Å². The van der Waals surface area contributed by atoms with E-state index in [-0.39, 0.29) is 0 Å². The van der Waals surface area contributed by atoms with Crippen molar-refractivity contribution in [3.63, 3.8) is 0 Å². The second-order valence-electron chi connectivity index (χ2n) is 14.1. The lowest BCUT2D eigenvalue weighted by atomic mass is 10.0. The number of fused-ring (bicyclic) bond motifs is 6. The first-order chi connectivity index (χ1) is 27.8. The van der Waals surface area contributed by atoms with Crippen molar-refractivity contribution in [1.29, 1.82) is 0 Å². The SMILES string of the molecule is c1ccc(-c2ccc(-c3ncnc(-c4cccc(-n5c6ccccc6c6ccc(-c7ccc8c(c7)c7ccccc7n8-c7ccccc7)cc65)c4)n3)cc2)cc1. The van der Waals surface area contributed by atoms with Crippen LogP contribution in [0.5, 0.6) is 0 Å². The first-order valence-electron chi connectivity index (χ1n) is 18.8. The zero-order chi connectivity index (χ0) is 37.0. The van der Waals surface area contributed by atoms with Crippen LogP contribution >= 0.6 is 0 Å². The number of nitrogens with zero attached hydrogens (tertiary/aromatic N) is 5. The van der Waals surface area contributed by atoms with Crippen LogP contribution in [0.4, 0.5) is 0 Å². The van der Waals surface area contributed by atoms with Crippen molar-refractivity contribution in [3.05, 3.63) is 200 Å². The van der Waals surface area contributed by atoms with Crippen LogP contribution in [-0.2, 0) is 0 Å². The molecule has 0 N–H and O–H groups in total. The normalized spacial score (nSPS) is 11.6. The van der Waals surface area contributed by atoms with Gasteiger partial charge in [-0.2, -0.15) is 0 Å². The summed E-state index contributed by atoms with van der Waals surface area (Å²) in [7, 11) is 0. The fourth-order valence-electron chi connectivity index (χ4n) is 8.24. The van der Waals surface area contributed by atoms with E-state index in [1.54, 1.807) is 6.33 Å². The fourth-order valence-corrected chi connectivity index (χ4v) is 8.24. The smallest absolute Gasteiger partial charge is 0.163 e. The molecule has 262 valence electrons. The van der Waals surface area contributed by atoms with E-state index in [2.05, 4.69) is 207 Å². The first kappa shape index (κ1) is 31.9. The van der Waals surface area contributed by atoms with E-state index in [9.17, 15) is 0 Å². The molecule has 0 spiro atoms. The highest BCUT2D eigenvalue weighted by Crippen LogP contribution is 2.38. The summed E-state index contributed by atoms with van der Waals surface area (Å²) in [6.45, 7) is 0. The largest absolute Gasteiger partial charge is 0.309 e. The van der Waals surface area contributed by atoms with Crippen molar-refractivity contribution in [2.45, 2.75) is 0 Å². The predicted octanol–water partition coefficient (Wildman–Crippen LogP) is 12.7. The van der Waals surface area contributed by atoms with Gasteiger partial charge in [-0.25, -0.2) is 15.0 Å². The second kappa shape index (κ2) is 13.0. The molecule has 11 aromatic rings. The molecule has 11 rings (SSSR count). The molecule has 3 heterocycles. The molecule has 0 saturated carbocycles. The molecule has 0 radical (unpaired) electrons. The number of hydrogen-bond donors (Lipinski definition) is 0. The van der Waals surface area contributed by atoms with Gasteiger partial charge in [-0.3, -0.25) is 0 Å². The maximum Gasteiger partial charge on any atom is 0.163 e. The molecular weight excluding hydrogens is 683 g/mol. The third kappa shape index (κ3) is 5.29. The van der Waals surface area contributed by atoms with Crippen LogP contribution < -0.4 is 0 Å². The van der Waals surface area contributed by atoms with Gasteiger partial charge in [-0.05, 0) is 76.9 Å². The lowest BCUT2D eigenvalue weighted by Gasteiger charge is -2.11. The maximum atomic E-state index is 4.95. The molecule has 0 atom stereocenters. The Labute approximate surface area is 323 Å². The number of hydrogen-bond acceptors (Lipinski definition) is 3. The Morgan fingerprint density at radius 3 is 1.55 bits per heavy atom. The molecular formula is C51H33N5. The van der Waals surface area contributed by atoms with Gasteiger partial charge in [0, 0.05) is 44.0 Å². The monoisotopic (exact) mass is 715 g/mol. The van der Waals surface area contributed by atoms with Gasteiger partial charge in [-0.15, -0.1) is 0 Å². The molecule has 5 nitrogen and oxygen atoms in total. The number of aromatic nitrogens is 5. The first-order valence-corrected chi connectivity index (χ1v) is 18.8. The van der Waals surface area contributed by atoms with E-state index in [4.69, 9.17) is 4.98 Å². The van der Waals surface area contributed by atoms with E-state index in [0.717, 1.165) is 44.7 Å². The molecule has 0 aliphatic heterocycles. The quantitative estimate of drug-likeness (QED) is 0.172. The fraction of sp³-hybridized carbons (Fsp3) is 0. The minimum absolute atomic E-state index is 0.633. The van der Waals surface area contributed by atoms with Gasteiger partial charge >= 0.3 is 0 Å².